The Balaban J connectivity index is 0.000000138. The number of benzene rings is 10. The van der Waals surface area contributed by atoms with Crippen molar-refractivity contribution in [3.8, 4) is 68.0 Å². The Morgan fingerprint density at radius 2 is 0.713 bits per heavy atom. The van der Waals surface area contributed by atoms with Crippen molar-refractivity contribution in [1.82, 2.24) is 19.1 Å². The summed E-state index contributed by atoms with van der Waals surface area (Å²) < 4.78 is 16.7. The van der Waals surface area contributed by atoms with Gasteiger partial charge in [-0.15, -0.1) is 0 Å². The summed E-state index contributed by atoms with van der Waals surface area (Å²) in [6.07, 6.45) is 7.10. The van der Waals surface area contributed by atoms with Crippen LogP contribution in [0.5, 0.6) is 0 Å². The minimum atomic E-state index is 0.605. The minimum Gasteiger partial charge on any atom is -0.456 e. The molecule has 0 atom stereocenters. The molecule has 0 fully saturated rings. The number of pyridine rings is 2. The maximum Gasteiger partial charge on any atom is 0.135 e. The van der Waals surface area contributed by atoms with Gasteiger partial charge in [0.1, 0.15) is 34.5 Å². The number of hydrogen-bond donors (Lipinski definition) is 0. The molecule has 6 aromatic heterocycles. The lowest BCUT2D eigenvalue weighted by atomic mass is 9.92. The molecule has 0 aliphatic carbocycles. The van der Waals surface area contributed by atoms with E-state index in [4.69, 9.17) is 8.83 Å². The molecule has 0 saturated heterocycles. The highest BCUT2D eigenvalue weighted by Gasteiger charge is 2.24. The zero-order chi connectivity index (χ0) is 53.3. The maximum absolute atomic E-state index is 10.8. The molecule has 0 radical (unpaired) electrons. The monoisotopic (exact) mass is 1020 g/mol. The van der Waals surface area contributed by atoms with E-state index < -0.39 is 0 Å². The van der Waals surface area contributed by atoms with Crippen molar-refractivity contribution in [1.29, 1.82) is 10.5 Å². The number of rotatable bonds is 6. The molecule has 10 aromatic carbocycles. The van der Waals surface area contributed by atoms with Crippen LogP contribution < -0.4 is 0 Å². The van der Waals surface area contributed by atoms with Crippen LogP contribution in [0.15, 0.2) is 264 Å². The molecule has 372 valence electrons. The third-order valence-corrected chi connectivity index (χ3v) is 15.5. The SMILES string of the molecule is N#Cc1c(-c2ccncc2)ccc(-c2ccc3oc4ccccc4c3c2)c1-n1c2ccccc2c2ccccc21.N#Cc1cc(-c2ccncc2)cc(-c2ccc3oc4ccccc4c3c2)c1-n1c2ccccc2c2ccccc21. The van der Waals surface area contributed by atoms with Crippen molar-refractivity contribution >= 4 is 87.5 Å². The molecule has 0 saturated carbocycles. The van der Waals surface area contributed by atoms with Crippen LogP contribution >= 0.6 is 0 Å². The van der Waals surface area contributed by atoms with Crippen molar-refractivity contribution in [3.63, 3.8) is 0 Å². The van der Waals surface area contributed by atoms with Gasteiger partial charge in [0.05, 0.1) is 44.6 Å². The number of aromatic nitrogens is 4. The second-order valence-electron chi connectivity index (χ2n) is 19.9. The molecule has 0 aliphatic rings. The summed E-state index contributed by atoms with van der Waals surface area (Å²) >= 11 is 0. The molecule has 8 nitrogen and oxygen atoms in total. The van der Waals surface area contributed by atoms with Gasteiger partial charge in [-0.05, 0) is 125 Å². The molecule has 0 spiro atoms. The van der Waals surface area contributed by atoms with E-state index in [1.807, 2.05) is 78.9 Å². The van der Waals surface area contributed by atoms with Gasteiger partial charge in [-0.25, -0.2) is 0 Å². The van der Waals surface area contributed by atoms with E-state index in [0.29, 0.717) is 11.1 Å². The van der Waals surface area contributed by atoms with Crippen molar-refractivity contribution < 1.29 is 8.83 Å². The minimum absolute atomic E-state index is 0.605. The Morgan fingerprint density at radius 3 is 1.20 bits per heavy atom. The first kappa shape index (κ1) is 46.0. The first-order chi connectivity index (χ1) is 39.6. The van der Waals surface area contributed by atoms with E-state index in [1.165, 1.54) is 0 Å². The van der Waals surface area contributed by atoms with Gasteiger partial charge >= 0.3 is 0 Å². The van der Waals surface area contributed by atoms with Gasteiger partial charge in [0.25, 0.3) is 0 Å². The van der Waals surface area contributed by atoms with E-state index >= 15 is 0 Å². The molecule has 16 rings (SSSR count). The van der Waals surface area contributed by atoms with Crippen molar-refractivity contribution in [3.05, 3.63) is 266 Å². The van der Waals surface area contributed by atoms with Crippen LogP contribution in [0, 0.1) is 22.7 Å². The summed E-state index contributed by atoms with van der Waals surface area (Å²) in [5.41, 5.74) is 18.4. The zero-order valence-corrected chi connectivity index (χ0v) is 42.7. The lowest BCUT2D eigenvalue weighted by Crippen LogP contribution is -2.03. The topological polar surface area (TPSA) is 110 Å². The zero-order valence-electron chi connectivity index (χ0n) is 42.7. The van der Waals surface area contributed by atoms with Crippen molar-refractivity contribution in [2.75, 3.05) is 0 Å². The van der Waals surface area contributed by atoms with Gasteiger partial charge in [0.2, 0.25) is 0 Å². The van der Waals surface area contributed by atoms with Crippen LogP contribution in [0.25, 0.3) is 143 Å². The van der Waals surface area contributed by atoms with Crippen LogP contribution in [0.2, 0.25) is 0 Å². The lowest BCUT2D eigenvalue weighted by molar-refractivity contribution is 0.668. The quantitative estimate of drug-likeness (QED) is 0.164. The predicted molar refractivity (Wildman–Crippen MR) is 323 cm³/mol. The summed E-state index contributed by atoms with van der Waals surface area (Å²) in [4.78, 5) is 8.40. The Morgan fingerprint density at radius 1 is 0.300 bits per heavy atom. The molecular formula is C72H42N6O2. The molecule has 0 N–H and O–H groups in total. The summed E-state index contributed by atoms with van der Waals surface area (Å²) in [5.74, 6) is 0. The fourth-order valence-electron chi connectivity index (χ4n) is 11.9. The molecule has 0 bridgehead atoms. The van der Waals surface area contributed by atoms with Crippen LogP contribution in [-0.2, 0) is 0 Å². The number of fused-ring (bicyclic) bond motifs is 12. The van der Waals surface area contributed by atoms with Crippen LogP contribution in [0.4, 0.5) is 0 Å². The summed E-state index contributed by atoms with van der Waals surface area (Å²) in [7, 11) is 0. The lowest BCUT2D eigenvalue weighted by Gasteiger charge is -2.18. The number of para-hydroxylation sites is 6. The van der Waals surface area contributed by atoms with Gasteiger partial charge < -0.3 is 18.0 Å². The summed E-state index contributed by atoms with van der Waals surface area (Å²) in [6, 6.07) is 83.8. The maximum atomic E-state index is 10.8. The first-order valence-electron chi connectivity index (χ1n) is 26.4. The van der Waals surface area contributed by atoms with Crippen molar-refractivity contribution in [2.24, 2.45) is 0 Å². The van der Waals surface area contributed by atoms with Crippen LogP contribution in [0.3, 0.4) is 0 Å². The highest BCUT2D eigenvalue weighted by molar-refractivity contribution is 6.13. The van der Waals surface area contributed by atoms with Gasteiger partial charge in [-0.1, -0.05) is 133 Å². The average molecular weight is 1020 g/mol. The Hall–Kier alpha value is -11.3. The van der Waals surface area contributed by atoms with Gasteiger partial charge in [0.15, 0.2) is 0 Å². The largest absolute Gasteiger partial charge is 0.456 e. The van der Waals surface area contributed by atoms with E-state index in [9.17, 15) is 10.5 Å². The van der Waals surface area contributed by atoms with Crippen LogP contribution in [0.1, 0.15) is 11.1 Å². The predicted octanol–water partition coefficient (Wildman–Crippen LogP) is 18.6. The molecular weight excluding hydrogens is 981 g/mol. The fourth-order valence-corrected chi connectivity index (χ4v) is 11.9. The smallest absolute Gasteiger partial charge is 0.135 e. The molecule has 6 heterocycles. The first-order valence-corrected chi connectivity index (χ1v) is 26.4. The Labute approximate surface area is 458 Å². The van der Waals surface area contributed by atoms with Crippen LogP contribution in [-0.4, -0.2) is 19.1 Å². The molecule has 8 heteroatoms. The Kier molecular flexibility index (Phi) is 10.8. The second kappa shape index (κ2) is 18.8. The number of hydrogen-bond acceptors (Lipinski definition) is 6. The van der Waals surface area contributed by atoms with E-state index in [2.05, 4.69) is 183 Å². The molecule has 80 heavy (non-hydrogen) atoms. The van der Waals surface area contributed by atoms with E-state index in [1.54, 1.807) is 24.8 Å². The standard InChI is InChI=1S/2C36H21N3O/c37-22-31-25(23-17-19-38-20-18-23)14-15-26(24-13-16-35-30(21-24)29-9-3-6-12-34(29)40-35)36(31)39-32-10-4-1-7-27(32)28-8-2-5-11-33(28)39;37-22-26-19-25(23-15-17-38-18-16-23)21-30(24-13-14-35-31(20-24)29-9-3-6-12-34(29)40-35)36(26)39-32-10-4-1-7-27(32)28-8-2-5-11-33(28)39/h2*1-21H. The molecule has 0 amide bonds. The Bertz CT molecular complexity index is 5120. The van der Waals surface area contributed by atoms with Gasteiger partial charge in [-0.3, -0.25) is 9.97 Å². The highest BCUT2D eigenvalue weighted by Crippen LogP contribution is 2.44. The number of nitrogens with zero attached hydrogens (tertiary/aromatic N) is 6. The summed E-state index contributed by atoms with van der Waals surface area (Å²) in [5, 5.41) is 30.2. The van der Waals surface area contributed by atoms with E-state index in [-0.39, 0.29) is 0 Å². The third kappa shape index (κ3) is 7.36. The van der Waals surface area contributed by atoms with E-state index in [0.717, 1.165) is 143 Å². The van der Waals surface area contributed by atoms with Gasteiger partial charge in [-0.2, -0.15) is 10.5 Å². The molecule has 0 unspecified atom stereocenters. The van der Waals surface area contributed by atoms with Crippen molar-refractivity contribution in [2.45, 2.75) is 0 Å². The third-order valence-electron chi connectivity index (χ3n) is 15.5. The second-order valence-corrected chi connectivity index (χ2v) is 19.9. The number of furan rings is 2. The normalized spacial score (nSPS) is 11.5. The molecule has 0 aliphatic heterocycles. The average Bonchev–Trinajstić information content (AvgIpc) is 4.30. The van der Waals surface area contributed by atoms with Gasteiger partial charge in [0, 0.05) is 84.6 Å². The highest BCUT2D eigenvalue weighted by atomic mass is 16.3. The fraction of sp³-hybridized carbons (Fsp3) is 0. The molecule has 16 aromatic rings. The number of nitriles is 2. The summed E-state index contributed by atoms with van der Waals surface area (Å²) in [6.45, 7) is 0.